The molecular formula is C11H10F4N2O. The van der Waals surface area contributed by atoms with Crippen LogP contribution in [0.1, 0.15) is 5.56 Å². The molecule has 1 aromatic carbocycles. The molecule has 0 bridgehead atoms. The Bertz CT molecular complexity index is 492. The van der Waals surface area contributed by atoms with Crippen LogP contribution in [-0.4, -0.2) is 25.2 Å². The van der Waals surface area contributed by atoms with Gasteiger partial charge in [0.1, 0.15) is 12.5 Å². The number of halogens is 4. The molecule has 0 radical (unpaired) electrons. The number of nitrogens with two attached hydrogens (primary N) is 1. The van der Waals surface area contributed by atoms with Gasteiger partial charge in [-0.3, -0.25) is 0 Å². The van der Waals surface area contributed by atoms with E-state index in [4.69, 9.17) is 5.73 Å². The number of hydrogen-bond donors (Lipinski definition) is 1. The molecule has 1 aromatic rings. The van der Waals surface area contributed by atoms with E-state index in [-0.39, 0.29) is 5.56 Å². The highest BCUT2D eigenvalue weighted by Gasteiger charge is 2.58. The van der Waals surface area contributed by atoms with E-state index in [0.29, 0.717) is 0 Å². The van der Waals surface area contributed by atoms with Gasteiger partial charge in [0.25, 0.3) is 6.02 Å². The average Bonchev–Trinajstić information content (AvgIpc) is 2.32. The number of ether oxygens (including phenoxy) is 1. The third kappa shape index (κ3) is 1.79. The molecule has 2 N–H and O–H groups in total. The summed E-state index contributed by atoms with van der Waals surface area (Å²) >= 11 is 0. The van der Waals surface area contributed by atoms with Crippen molar-refractivity contribution in [2.24, 2.45) is 10.7 Å². The van der Waals surface area contributed by atoms with Crippen LogP contribution >= 0.6 is 0 Å². The fourth-order valence-corrected chi connectivity index (χ4v) is 1.81. The van der Waals surface area contributed by atoms with Crippen molar-refractivity contribution in [3.8, 4) is 0 Å². The number of aliphatic imine (C=N–C) groups is 1. The summed E-state index contributed by atoms with van der Waals surface area (Å²) in [4.78, 5) is 3.38. The summed E-state index contributed by atoms with van der Waals surface area (Å²) in [5, 5.41) is 0. The largest absolute Gasteiger partial charge is 0.459 e. The van der Waals surface area contributed by atoms with Crippen molar-refractivity contribution >= 4 is 6.02 Å². The van der Waals surface area contributed by atoms with E-state index in [1.807, 2.05) is 0 Å². The van der Waals surface area contributed by atoms with Gasteiger partial charge in [0.05, 0.1) is 0 Å². The Kier molecular flexibility index (Phi) is 2.92. The molecule has 0 aliphatic carbocycles. The lowest BCUT2D eigenvalue weighted by Gasteiger charge is -2.38. The molecule has 0 amide bonds. The molecule has 0 saturated carbocycles. The number of nitrogens with zero attached hydrogens (tertiary/aromatic N) is 1. The maximum Gasteiger partial charge on any atom is 0.312 e. The molecule has 0 saturated heterocycles. The molecule has 1 heterocycles. The van der Waals surface area contributed by atoms with Crippen molar-refractivity contribution in [2.45, 2.75) is 11.5 Å². The maximum atomic E-state index is 13.9. The monoisotopic (exact) mass is 262 g/mol. The van der Waals surface area contributed by atoms with Gasteiger partial charge in [0, 0.05) is 0 Å². The zero-order chi connectivity index (χ0) is 13.4. The smallest absolute Gasteiger partial charge is 0.312 e. The fourth-order valence-electron chi connectivity index (χ4n) is 1.81. The van der Waals surface area contributed by atoms with Gasteiger partial charge in [-0.1, -0.05) is 12.1 Å². The maximum absolute atomic E-state index is 13.9. The average molecular weight is 262 g/mol. The van der Waals surface area contributed by atoms with E-state index < -0.39 is 36.6 Å². The minimum Gasteiger partial charge on any atom is -0.459 e. The van der Waals surface area contributed by atoms with E-state index in [2.05, 4.69) is 9.73 Å². The van der Waals surface area contributed by atoms with Crippen molar-refractivity contribution < 1.29 is 22.3 Å². The normalized spacial score (nSPS) is 26.3. The van der Waals surface area contributed by atoms with Gasteiger partial charge in [-0.05, 0) is 17.7 Å². The van der Waals surface area contributed by atoms with Crippen molar-refractivity contribution in [1.82, 2.24) is 0 Å². The minimum atomic E-state index is -3.61. The second-order valence-corrected chi connectivity index (χ2v) is 3.95. The molecule has 2 rings (SSSR count). The van der Waals surface area contributed by atoms with Crippen LogP contribution in [0, 0.1) is 5.82 Å². The number of rotatable bonds is 2. The van der Waals surface area contributed by atoms with E-state index in [1.54, 1.807) is 0 Å². The van der Waals surface area contributed by atoms with Gasteiger partial charge < -0.3 is 10.5 Å². The third-order valence-electron chi connectivity index (χ3n) is 2.80. The Hall–Kier alpha value is -1.79. The molecule has 3 nitrogen and oxygen atoms in total. The summed E-state index contributed by atoms with van der Waals surface area (Å²) < 4.78 is 58.4. The van der Waals surface area contributed by atoms with Gasteiger partial charge in [-0.2, -0.15) is 8.78 Å². The van der Waals surface area contributed by atoms with Crippen LogP contribution in [0.15, 0.2) is 29.3 Å². The fraction of sp³-hybridized carbons (Fsp3) is 0.364. The Balaban J connectivity index is 2.62. The van der Waals surface area contributed by atoms with Crippen LogP contribution < -0.4 is 5.73 Å². The summed E-state index contributed by atoms with van der Waals surface area (Å²) in [6, 6.07) is 3.73. The highest BCUT2D eigenvalue weighted by Crippen LogP contribution is 2.44. The molecule has 98 valence electrons. The van der Waals surface area contributed by atoms with Crippen LogP contribution in [0.2, 0.25) is 0 Å². The molecular weight excluding hydrogens is 252 g/mol. The lowest BCUT2D eigenvalue weighted by atomic mass is 9.85. The second kappa shape index (κ2) is 4.15. The Morgan fingerprint density at radius 2 is 2.11 bits per heavy atom. The molecule has 0 aromatic heterocycles. The summed E-state index contributed by atoms with van der Waals surface area (Å²) in [7, 11) is 0. The summed E-state index contributed by atoms with van der Waals surface area (Å²) in [5.74, 6) is -4.37. The minimum absolute atomic E-state index is 0.277. The highest BCUT2D eigenvalue weighted by atomic mass is 19.3. The van der Waals surface area contributed by atoms with Crippen LogP contribution in [-0.2, 0) is 10.3 Å². The van der Waals surface area contributed by atoms with Crippen LogP contribution in [0.5, 0.6) is 0 Å². The number of amidine groups is 1. The number of benzene rings is 1. The molecule has 0 fully saturated rings. The summed E-state index contributed by atoms with van der Waals surface area (Å²) in [5.41, 5.74) is 2.41. The first-order valence-electron chi connectivity index (χ1n) is 5.09. The Labute approximate surface area is 100 Å². The lowest BCUT2D eigenvalue weighted by molar-refractivity contribution is -0.128. The van der Waals surface area contributed by atoms with Crippen LogP contribution in [0.4, 0.5) is 17.6 Å². The Morgan fingerprint density at radius 1 is 1.39 bits per heavy atom. The van der Waals surface area contributed by atoms with Crippen LogP contribution in [0.25, 0.3) is 0 Å². The van der Waals surface area contributed by atoms with Gasteiger partial charge >= 0.3 is 5.92 Å². The zero-order valence-corrected chi connectivity index (χ0v) is 9.17. The summed E-state index contributed by atoms with van der Waals surface area (Å²) in [6.07, 6.45) is 0. The molecule has 18 heavy (non-hydrogen) atoms. The molecule has 0 unspecified atom stereocenters. The number of hydrogen-bond acceptors (Lipinski definition) is 3. The predicted octanol–water partition coefficient (Wildman–Crippen LogP) is 1.97. The zero-order valence-electron chi connectivity index (χ0n) is 9.17. The SMILES string of the molecule is NC1=N[C@](CF)(c2cccc(F)c2)C(F)(F)CO1. The van der Waals surface area contributed by atoms with E-state index in [9.17, 15) is 17.6 Å². The van der Waals surface area contributed by atoms with Gasteiger partial charge in [-0.25, -0.2) is 13.8 Å². The van der Waals surface area contributed by atoms with Gasteiger partial charge in [0.2, 0.25) is 0 Å². The first kappa shape index (κ1) is 12.7. The number of alkyl halides is 3. The van der Waals surface area contributed by atoms with Crippen LogP contribution in [0.3, 0.4) is 0 Å². The highest BCUT2D eigenvalue weighted by molar-refractivity contribution is 5.73. The molecule has 1 aliphatic heterocycles. The second-order valence-electron chi connectivity index (χ2n) is 3.95. The van der Waals surface area contributed by atoms with E-state index in [0.717, 1.165) is 12.1 Å². The van der Waals surface area contributed by atoms with Gasteiger partial charge in [-0.15, -0.1) is 0 Å². The lowest BCUT2D eigenvalue weighted by Crippen LogP contribution is -2.54. The molecule has 7 heteroatoms. The molecule has 1 atom stereocenters. The van der Waals surface area contributed by atoms with Crippen molar-refractivity contribution in [1.29, 1.82) is 0 Å². The standard InChI is InChI=1S/C11H10F4N2O/c12-5-10(7-2-1-3-8(13)4-7)11(14,15)6-18-9(16)17-10/h1-4H,5-6H2,(H2,16,17)/t10-/m1/s1. The van der Waals surface area contributed by atoms with Gasteiger partial charge in [0.15, 0.2) is 12.1 Å². The topological polar surface area (TPSA) is 47.6 Å². The predicted molar refractivity (Wildman–Crippen MR) is 56.6 cm³/mol. The molecule has 1 aliphatic rings. The third-order valence-corrected chi connectivity index (χ3v) is 2.80. The van der Waals surface area contributed by atoms with E-state index >= 15 is 0 Å². The van der Waals surface area contributed by atoms with Crippen molar-refractivity contribution in [3.05, 3.63) is 35.6 Å². The Morgan fingerprint density at radius 3 is 2.72 bits per heavy atom. The first-order chi connectivity index (χ1) is 8.41. The first-order valence-corrected chi connectivity index (χ1v) is 5.09. The van der Waals surface area contributed by atoms with Crippen molar-refractivity contribution in [3.63, 3.8) is 0 Å². The van der Waals surface area contributed by atoms with Crippen molar-refractivity contribution in [2.75, 3.05) is 13.3 Å². The summed E-state index contributed by atoms with van der Waals surface area (Å²) in [6.45, 7) is -2.60. The molecule has 0 spiro atoms. The quantitative estimate of drug-likeness (QED) is 0.828. The van der Waals surface area contributed by atoms with E-state index in [1.165, 1.54) is 12.1 Å².